The molecule has 38 heavy (non-hydrogen) atoms. The maximum atomic E-state index is 13.7. The molecule has 0 N–H and O–H groups in total. The number of hydrogen-bond acceptors (Lipinski definition) is 6. The van der Waals surface area contributed by atoms with Crippen LogP contribution in [0.25, 0.3) is 0 Å². The van der Waals surface area contributed by atoms with Crippen LogP contribution in [0.15, 0.2) is 87.0 Å². The Morgan fingerprint density at radius 1 is 0.947 bits per heavy atom. The van der Waals surface area contributed by atoms with Crippen molar-refractivity contribution in [1.82, 2.24) is 9.21 Å². The summed E-state index contributed by atoms with van der Waals surface area (Å²) in [7, 11) is -8.26. The number of nitrogens with zero attached hydrogens (tertiary/aromatic N) is 4. The largest absolute Gasteiger partial charge is 0.336 e. The lowest BCUT2D eigenvalue weighted by atomic mass is 10.1. The van der Waals surface area contributed by atoms with Crippen molar-refractivity contribution >= 4 is 43.2 Å². The second-order valence-corrected chi connectivity index (χ2v) is 12.5. The molecule has 0 amide bonds. The van der Waals surface area contributed by atoms with Gasteiger partial charge in [-0.15, -0.1) is 16.0 Å². The van der Waals surface area contributed by atoms with Crippen molar-refractivity contribution in [1.29, 1.82) is 0 Å². The van der Waals surface area contributed by atoms with Gasteiger partial charge in [0, 0.05) is 25.2 Å². The number of halogens is 1. The van der Waals surface area contributed by atoms with E-state index in [1.807, 2.05) is 13.8 Å². The fraction of sp³-hybridized carbons (Fsp3) is 0.240. The van der Waals surface area contributed by atoms with Gasteiger partial charge in [-0.25, -0.2) is 8.42 Å². The summed E-state index contributed by atoms with van der Waals surface area (Å²) in [4.78, 5) is 12.4. The van der Waals surface area contributed by atoms with Crippen LogP contribution < -0.4 is 0 Å². The number of sulfonamides is 2. The monoisotopic (exact) mass is 576 g/mol. The normalized spacial score (nSPS) is 17.1. The van der Waals surface area contributed by atoms with E-state index in [-0.39, 0.29) is 45.8 Å². The van der Waals surface area contributed by atoms with Crippen LogP contribution >= 0.6 is 11.6 Å². The molecule has 3 aromatic carbocycles. The number of nitro benzene ring substituents is 1. The minimum absolute atomic E-state index is 0.0238. The average Bonchev–Trinajstić information content (AvgIpc) is 3.34. The Kier molecular flexibility index (Phi) is 7.88. The van der Waals surface area contributed by atoms with Crippen molar-refractivity contribution in [3.8, 4) is 0 Å². The van der Waals surface area contributed by atoms with Crippen molar-refractivity contribution in [2.45, 2.75) is 29.8 Å². The topological polar surface area (TPSA) is 130 Å². The fourth-order valence-electron chi connectivity index (χ4n) is 4.17. The molecule has 1 unspecified atom stereocenters. The van der Waals surface area contributed by atoms with Crippen molar-refractivity contribution in [2.24, 2.45) is 4.40 Å². The molecule has 13 heteroatoms. The van der Waals surface area contributed by atoms with E-state index in [2.05, 4.69) is 4.40 Å². The van der Waals surface area contributed by atoms with Gasteiger partial charge in [0.25, 0.3) is 15.7 Å². The Morgan fingerprint density at radius 3 is 2.08 bits per heavy atom. The van der Waals surface area contributed by atoms with E-state index in [1.165, 1.54) is 51.7 Å². The maximum absolute atomic E-state index is 13.7. The maximum Gasteiger partial charge on any atom is 0.283 e. The Hall–Kier alpha value is -3.32. The molecule has 4 rings (SSSR count). The number of rotatable bonds is 7. The van der Waals surface area contributed by atoms with Gasteiger partial charge in [-0.05, 0) is 43.7 Å². The van der Waals surface area contributed by atoms with Crippen molar-refractivity contribution < 1.29 is 21.8 Å². The van der Waals surface area contributed by atoms with Gasteiger partial charge in [0.05, 0.1) is 20.6 Å². The molecule has 200 valence electrons. The number of benzene rings is 3. The molecule has 1 heterocycles. The van der Waals surface area contributed by atoms with E-state index < -0.39 is 31.1 Å². The van der Waals surface area contributed by atoms with Gasteiger partial charge in [-0.1, -0.05) is 47.5 Å². The Labute approximate surface area is 226 Å². The molecule has 1 aliphatic rings. The summed E-state index contributed by atoms with van der Waals surface area (Å²) in [5.41, 5.74) is 1.78. The predicted octanol–water partition coefficient (Wildman–Crippen LogP) is 4.24. The number of nitro groups is 1. The van der Waals surface area contributed by atoms with E-state index >= 15 is 0 Å². The van der Waals surface area contributed by atoms with Gasteiger partial charge >= 0.3 is 0 Å². The first-order valence-electron chi connectivity index (χ1n) is 11.5. The highest BCUT2D eigenvalue weighted by Crippen LogP contribution is 2.37. The molecule has 10 nitrogen and oxygen atoms in total. The van der Waals surface area contributed by atoms with Crippen LogP contribution in [0, 0.1) is 24.0 Å². The summed E-state index contributed by atoms with van der Waals surface area (Å²) in [5.74, 6) is -0.417. The van der Waals surface area contributed by atoms with Gasteiger partial charge in [0.2, 0.25) is 10.0 Å². The van der Waals surface area contributed by atoms with E-state index in [4.69, 9.17) is 11.6 Å². The molecular formula is C25H25ClN4O6S2. The number of aryl methyl sites for hydroxylation is 2. The second kappa shape index (κ2) is 10.8. The minimum atomic E-state index is -4.18. The summed E-state index contributed by atoms with van der Waals surface area (Å²) in [5, 5.41) is 11.5. The van der Waals surface area contributed by atoms with Crippen LogP contribution in [0.2, 0.25) is 0 Å². The van der Waals surface area contributed by atoms with E-state index in [0.29, 0.717) is 0 Å². The van der Waals surface area contributed by atoms with Crippen LogP contribution in [-0.2, 0) is 20.0 Å². The zero-order valence-electron chi connectivity index (χ0n) is 20.6. The first-order chi connectivity index (χ1) is 17.9. The van der Waals surface area contributed by atoms with Gasteiger partial charge in [-0.3, -0.25) is 10.1 Å². The van der Waals surface area contributed by atoms with Crippen LogP contribution in [0.1, 0.15) is 22.9 Å². The third kappa shape index (κ3) is 5.58. The summed E-state index contributed by atoms with van der Waals surface area (Å²) >= 11 is 6.18. The Balaban J connectivity index is 1.84. The lowest BCUT2D eigenvalue weighted by molar-refractivity contribution is -0.385. The van der Waals surface area contributed by atoms with Gasteiger partial charge in [0.1, 0.15) is 12.0 Å². The predicted molar refractivity (Wildman–Crippen MR) is 144 cm³/mol. The zero-order valence-corrected chi connectivity index (χ0v) is 22.9. The smallest absolute Gasteiger partial charge is 0.283 e. The fourth-order valence-corrected chi connectivity index (χ4v) is 7.06. The third-order valence-corrected chi connectivity index (χ3v) is 9.56. The highest BCUT2D eigenvalue weighted by molar-refractivity contribution is 7.90. The molecule has 1 fully saturated rings. The summed E-state index contributed by atoms with van der Waals surface area (Å²) < 4.78 is 58.8. The standard InChI is InChI=1S/C25H25ClN4O6S2/c1-18-6-10-22(11-7-18)37(33,34)27-24(17-26)28-14-15-29(38(35,36)23-12-8-19(2)9-13-23)25(28)20-4-3-5-21(16-20)30(31)32/h3-13,16,25H,14-15,17H2,1-2H3/b27-24-. The van der Waals surface area contributed by atoms with Crippen molar-refractivity contribution in [3.05, 3.63) is 99.6 Å². The van der Waals surface area contributed by atoms with Gasteiger partial charge < -0.3 is 4.90 Å². The van der Waals surface area contributed by atoms with Crippen LogP contribution in [0.4, 0.5) is 5.69 Å². The number of non-ortho nitro benzene ring substituents is 1. The van der Waals surface area contributed by atoms with Crippen LogP contribution in [0.5, 0.6) is 0 Å². The Morgan fingerprint density at radius 2 is 1.53 bits per heavy atom. The molecule has 3 aromatic rings. The lowest BCUT2D eigenvalue weighted by Crippen LogP contribution is -2.39. The van der Waals surface area contributed by atoms with Crippen molar-refractivity contribution in [2.75, 3.05) is 19.0 Å². The van der Waals surface area contributed by atoms with Crippen LogP contribution in [0.3, 0.4) is 0 Å². The SMILES string of the molecule is Cc1ccc(S(=O)(=O)/N=C(/CCl)N2CCN(S(=O)(=O)c3ccc(C)cc3)C2c2cccc([N+](=O)[O-])c2)cc1. The lowest BCUT2D eigenvalue weighted by Gasteiger charge is -2.31. The molecule has 1 aliphatic heterocycles. The molecular weight excluding hydrogens is 552 g/mol. The highest BCUT2D eigenvalue weighted by atomic mass is 35.5. The number of amidine groups is 1. The first-order valence-corrected chi connectivity index (χ1v) is 14.9. The minimum Gasteiger partial charge on any atom is -0.336 e. The van der Waals surface area contributed by atoms with Crippen molar-refractivity contribution in [3.63, 3.8) is 0 Å². The molecule has 0 spiro atoms. The third-order valence-electron chi connectivity index (χ3n) is 6.13. The average molecular weight is 577 g/mol. The molecule has 0 saturated carbocycles. The summed E-state index contributed by atoms with van der Waals surface area (Å²) in [6.07, 6.45) is -1.12. The molecule has 1 atom stereocenters. The molecule has 0 radical (unpaired) electrons. The molecule has 0 bridgehead atoms. The van der Waals surface area contributed by atoms with E-state index in [9.17, 15) is 26.9 Å². The van der Waals surface area contributed by atoms with E-state index in [0.717, 1.165) is 11.1 Å². The number of hydrogen-bond donors (Lipinski definition) is 0. The molecule has 0 aliphatic carbocycles. The van der Waals surface area contributed by atoms with Gasteiger partial charge in [-0.2, -0.15) is 12.7 Å². The quantitative estimate of drug-likeness (QED) is 0.135. The van der Waals surface area contributed by atoms with E-state index in [1.54, 1.807) is 30.3 Å². The van der Waals surface area contributed by atoms with Crippen LogP contribution in [-0.4, -0.2) is 55.8 Å². The molecule has 1 saturated heterocycles. The summed E-state index contributed by atoms with van der Waals surface area (Å²) in [6.45, 7) is 3.69. The second-order valence-electron chi connectivity index (χ2n) is 8.78. The Bertz CT molecular complexity index is 1590. The summed E-state index contributed by atoms with van der Waals surface area (Å²) in [6, 6.07) is 18.0. The zero-order chi connectivity index (χ0) is 27.7. The van der Waals surface area contributed by atoms with Gasteiger partial charge in [0.15, 0.2) is 0 Å². The highest BCUT2D eigenvalue weighted by Gasteiger charge is 2.43. The number of alkyl halides is 1. The first kappa shape index (κ1) is 27.7. The molecule has 0 aromatic heterocycles.